The average molecular weight is 702 g/mol. The van der Waals surface area contributed by atoms with Crippen LogP contribution in [0.1, 0.15) is 27.7 Å². The fraction of sp³-hybridized carbons (Fsp3) is 0.200. The van der Waals surface area contributed by atoms with Crippen molar-refractivity contribution in [3.8, 4) is 0 Å². The van der Waals surface area contributed by atoms with E-state index in [-0.39, 0.29) is 24.0 Å². The number of halogens is 3. The maximum absolute atomic E-state index is 4.12. The van der Waals surface area contributed by atoms with E-state index in [1.54, 1.807) is 24.8 Å². The summed E-state index contributed by atoms with van der Waals surface area (Å²) in [4.78, 5) is 16.5. The summed E-state index contributed by atoms with van der Waals surface area (Å²) in [6.07, 6.45) is 6.79. The minimum absolute atomic E-state index is 0. The third-order valence-electron chi connectivity index (χ3n) is 2.75. The third-order valence-corrected chi connectivity index (χ3v) is 2.75. The SMILES string of the molecule is CC.CC.I.II.c1ccc2nccnc2c1.c1ccc2nccnc2c1. The molecule has 0 amide bonds. The molecule has 0 aliphatic rings. The fourth-order valence-corrected chi connectivity index (χ4v) is 1.82. The van der Waals surface area contributed by atoms with Crippen LogP contribution in [0.5, 0.6) is 0 Å². The average Bonchev–Trinajstić information content (AvgIpc) is 2.78. The van der Waals surface area contributed by atoms with Gasteiger partial charge in [-0.15, -0.1) is 24.0 Å². The summed E-state index contributed by atoms with van der Waals surface area (Å²) in [5.41, 5.74) is 3.80. The van der Waals surface area contributed by atoms with Crippen molar-refractivity contribution < 1.29 is 0 Å². The van der Waals surface area contributed by atoms with Crippen LogP contribution in [0.3, 0.4) is 0 Å². The molecule has 0 saturated carbocycles. The molecule has 4 rings (SSSR count). The first-order valence-electron chi connectivity index (χ1n) is 8.39. The monoisotopic (exact) mass is 702 g/mol. The van der Waals surface area contributed by atoms with Gasteiger partial charge < -0.3 is 0 Å². The van der Waals surface area contributed by atoms with Gasteiger partial charge in [0.2, 0.25) is 0 Å². The van der Waals surface area contributed by atoms with Gasteiger partial charge in [0.1, 0.15) is 0 Å². The zero-order valence-corrected chi connectivity index (χ0v) is 22.5. The summed E-state index contributed by atoms with van der Waals surface area (Å²) in [6.45, 7) is 8.00. The Hall–Kier alpha value is -0.690. The molecule has 0 saturated heterocycles. The van der Waals surface area contributed by atoms with Crippen molar-refractivity contribution in [2.24, 2.45) is 0 Å². The molecule has 7 heteroatoms. The highest BCUT2D eigenvalue weighted by molar-refractivity contribution is 15.0. The van der Waals surface area contributed by atoms with Crippen molar-refractivity contribution in [3.63, 3.8) is 0 Å². The molecular weight excluding hydrogens is 677 g/mol. The van der Waals surface area contributed by atoms with Crippen molar-refractivity contribution in [2.75, 3.05) is 0 Å². The first-order chi connectivity index (χ1) is 12.9. The Morgan fingerprint density at radius 3 is 0.852 bits per heavy atom. The molecule has 0 aliphatic carbocycles. The van der Waals surface area contributed by atoms with Crippen molar-refractivity contribution in [3.05, 3.63) is 73.3 Å². The maximum Gasteiger partial charge on any atom is 0.0886 e. The van der Waals surface area contributed by atoms with E-state index in [9.17, 15) is 0 Å². The summed E-state index contributed by atoms with van der Waals surface area (Å²) in [6, 6.07) is 15.6. The lowest BCUT2D eigenvalue weighted by Gasteiger charge is -1.90. The standard InChI is InChI=1S/2C8H6N2.2C2H6.I2.HI/c2*1-2-4-8-7(3-1)9-5-6-10-8;3*1-2;/h2*1-6H;2*1-2H3;;1H. The van der Waals surface area contributed by atoms with E-state index in [1.165, 1.54) is 0 Å². The van der Waals surface area contributed by atoms with Gasteiger partial charge in [-0.1, -0.05) is 52.0 Å². The van der Waals surface area contributed by atoms with Gasteiger partial charge in [0, 0.05) is 62.0 Å². The topological polar surface area (TPSA) is 51.6 Å². The first-order valence-corrected chi connectivity index (χ1v) is 14.7. The lowest BCUT2D eigenvalue weighted by Crippen LogP contribution is -1.78. The van der Waals surface area contributed by atoms with E-state index in [4.69, 9.17) is 0 Å². The van der Waals surface area contributed by atoms with Crippen molar-refractivity contribution in [2.45, 2.75) is 27.7 Å². The number of benzene rings is 2. The van der Waals surface area contributed by atoms with Crippen molar-refractivity contribution >= 4 is 83.3 Å². The summed E-state index contributed by atoms with van der Waals surface area (Å²) in [5.74, 6) is 0. The van der Waals surface area contributed by atoms with E-state index < -0.39 is 0 Å². The highest BCUT2D eigenvalue weighted by Crippen LogP contribution is 2.05. The van der Waals surface area contributed by atoms with Crippen molar-refractivity contribution in [1.29, 1.82) is 0 Å². The Bertz CT molecular complexity index is 642. The van der Waals surface area contributed by atoms with Crippen LogP contribution in [0.2, 0.25) is 0 Å². The molecule has 2 heterocycles. The largest absolute Gasteiger partial charge is 0.253 e. The molecule has 0 atom stereocenters. The summed E-state index contributed by atoms with van der Waals surface area (Å²) in [5, 5.41) is 0. The highest BCUT2D eigenvalue weighted by Gasteiger charge is 1.89. The number of hydrogen-bond acceptors (Lipinski definition) is 4. The van der Waals surface area contributed by atoms with Gasteiger partial charge in [-0.05, 0) is 24.3 Å². The lowest BCUT2D eigenvalue weighted by molar-refractivity contribution is 1.29. The van der Waals surface area contributed by atoms with Gasteiger partial charge in [-0.2, -0.15) is 0 Å². The van der Waals surface area contributed by atoms with Crippen LogP contribution in [0.4, 0.5) is 0 Å². The summed E-state index contributed by atoms with van der Waals surface area (Å²) < 4.78 is 0. The Balaban J connectivity index is 0. The second-order valence-corrected chi connectivity index (χ2v) is 4.09. The van der Waals surface area contributed by atoms with Crippen molar-refractivity contribution in [1.82, 2.24) is 19.9 Å². The second-order valence-electron chi connectivity index (χ2n) is 4.09. The van der Waals surface area contributed by atoms with Crippen LogP contribution in [-0.4, -0.2) is 19.9 Å². The van der Waals surface area contributed by atoms with Gasteiger partial charge in [0.25, 0.3) is 0 Å². The Kier molecular flexibility index (Phi) is 21.2. The van der Waals surface area contributed by atoms with E-state index in [0.29, 0.717) is 0 Å². The predicted octanol–water partition coefficient (Wildman–Crippen LogP) is 7.70. The summed E-state index contributed by atoms with van der Waals surface area (Å²) >= 11 is 4.24. The molecule has 0 unspecified atom stereocenters. The fourth-order valence-electron chi connectivity index (χ4n) is 1.82. The molecule has 0 radical (unpaired) electrons. The van der Waals surface area contributed by atoms with Gasteiger partial charge in [-0.25, -0.2) is 0 Å². The summed E-state index contributed by atoms with van der Waals surface area (Å²) in [7, 11) is 0. The van der Waals surface area contributed by atoms with E-state index >= 15 is 0 Å². The van der Waals surface area contributed by atoms with Crippen LogP contribution < -0.4 is 0 Å². The number of rotatable bonds is 0. The molecule has 4 aromatic rings. The highest BCUT2D eigenvalue weighted by atomic mass is 128. The van der Waals surface area contributed by atoms with Gasteiger partial charge >= 0.3 is 0 Å². The maximum atomic E-state index is 4.12. The van der Waals surface area contributed by atoms with Crippen LogP contribution in [0.15, 0.2) is 73.3 Å². The molecule has 0 spiro atoms. The van der Waals surface area contributed by atoms with Gasteiger partial charge in [0.05, 0.1) is 22.1 Å². The number of para-hydroxylation sites is 4. The Labute approximate surface area is 202 Å². The molecule has 0 fully saturated rings. The van der Waals surface area contributed by atoms with Crippen LogP contribution >= 0.6 is 61.2 Å². The van der Waals surface area contributed by atoms with Gasteiger partial charge in [-0.3, -0.25) is 19.9 Å². The molecule has 146 valence electrons. The molecular formula is C20H25I3N4. The molecule has 0 N–H and O–H groups in total. The van der Waals surface area contributed by atoms with E-state index in [0.717, 1.165) is 22.1 Å². The third kappa shape index (κ3) is 11.0. The molecule has 2 aromatic heterocycles. The van der Waals surface area contributed by atoms with E-state index in [1.807, 2.05) is 76.2 Å². The first kappa shape index (κ1) is 28.5. The van der Waals surface area contributed by atoms with E-state index in [2.05, 4.69) is 57.2 Å². The number of fused-ring (bicyclic) bond motifs is 2. The minimum atomic E-state index is 0. The lowest BCUT2D eigenvalue weighted by atomic mass is 10.3. The smallest absolute Gasteiger partial charge is 0.0886 e. The Morgan fingerprint density at radius 1 is 0.481 bits per heavy atom. The van der Waals surface area contributed by atoms with Crippen LogP contribution in [0, 0.1) is 0 Å². The molecule has 2 aromatic carbocycles. The molecule has 4 nitrogen and oxygen atoms in total. The Morgan fingerprint density at radius 2 is 0.667 bits per heavy atom. The minimum Gasteiger partial charge on any atom is -0.253 e. The quantitative estimate of drug-likeness (QED) is 0.177. The molecule has 0 aliphatic heterocycles. The number of nitrogens with zero attached hydrogens (tertiary/aromatic N) is 4. The molecule has 27 heavy (non-hydrogen) atoms. The normalized spacial score (nSPS) is 8.07. The zero-order valence-electron chi connectivity index (χ0n) is 15.9. The second kappa shape index (κ2) is 20.1. The van der Waals surface area contributed by atoms with Crippen LogP contribution in [0.25, 0.3) is 22.1 Å². The van der Waals surface area contributed by atoms with Gasteiger partial charge in [0.15, 0.2) is 0 Å². The number of hydrogen-bond donors (Lipinski definition) is 0. The number of aromatic nitrogens is 4. The van der Waals surface area contributed by atoms with Crippen LogP contribution in [-0.2, 0) is 0 Å². The molecule has 0 bridgehead atoms. The zero-order chi connectivity index (χ0) is 19.6. The predicted molar refractivity (Wildman–Crippen MR) is 145 cm³/mol.